The Kier molecular flexibility index (Phi) is 5.06. The van der Waals surface area contributed by atoms with Crippen LogP contribution in [0.1, 0.15) is 51.3 Å². The Bertz CT molecular complexity index is 687. The van der Waals surface area contributed by atoms with Crippen molar-refractivity contribution in [2.75, 3.05) is 6.54 Å². The van der Waals surface area contributed by atoms with Crippen LogP contribution in [0.2, 0.25) is 0 Å². The molecule has 0 bridgehead atoms. The lowest BCUT2D eigenvalue weighted by Crippen LogP contribution is -2.28. The van der Waals surface area contributed by atoms with Crippen LogP contribution in [0.4, 0.5) is 0 Å². The molecule has 5 heteroatoms. The van der Waals surface area contributed by atoms with Gasteiger partial charge in [0.15, 0.2) is 0 Å². The highest BCUT2D eigenvalue weighted by atomic mass is 79.9. The summed E-state index contributed by atoms with van der Waals surface area (Å²) in [7, 11) is 0. The molecule has 0 spiro atoms. The van der Waals surface area contributed by atoms with E-state index in [1.54, 1.807) is 0 Å². The number of nitrogens with one attached hydrogen (secondary N) is 1. The minimum Gasteiger partial charge on any atom is -0.361 e. The van der Waals surface area contributed by atoms with Gasteiger partial charge in [0.1, 0.15) is 5.76 Å². The molecule has 1 N–H and O–H groups in total. The monoisotopic (exact) mass is 364 g/mol. The number of amides is 1. The van der Waals surface area contributed by atoms with Crippen LogP contribution in [-0.4, -0.2) is 17.6 Å². The fourth-order valence-electron chi connectivity index (χ4n) is 2.66. The van der Waals surface area contributed by atoms with Crippen molar-refractivity contribution in [3.63, 3.8) is 0 Å². The Balaban J connectivity index is 2.09. The van der Waals surface area contributed by atoms with E-state index in [2.05, 4.69) is 33.3 Å². The van der Waals surface area contributed by atoms with Crippen LogP contribution in [0.25, 0.3) is 0 Å². The number of halogens is 1. The molecule has 0 aliphatic rings. The number of aromatic nitrogens is 1. The highest BCUT2D eigenvalue weighted by Crippen LogP contribution is 2.23. The largest absolute Gasteiger partial charge is 0.361 e. The predicted molar refractivity (Wildman–Crippen MR) is 90.3 cm³/mol. The van der Waals surface area contributed by atoms with Crippen LogP contribution >= 0.6 is 15.9 Å². The van der Waals surface area contributed by atoms with Gasteiger partial charge in [-0.15, -0.1) is 0 Å². The highest BCUT2D eigenvalue weighted by molar-refractivity contribution is 9.10. The molecule has 0 aliphatic carbocycles. The molecule has 1 aromatic heterocycles. The lowest BCUT2D eigenvalue weighted by Gasteiger charge is -2.14. The molecule has 22 heavy (non-hydrogen) atoms. The van der Waals surface area contributed by atoms with Gasteiger partial charge in [-0.3, -0.25) is 4.79 Å². The second-order valence-corrected chi connectivity index (χ2v) is 6.62. The molecule has 1 amide bonds. The van der Waals surface area contributed by atoms with E-state index in [0.717, 1.165) is 32.6 Å². The first-order valence-corrected chi connectivity index (χ1v) is 8.08. The number of carbonyl (C=O) groups excluding carboxylic acids is 1. The third-order valence-corrected chi connectivity index (χ3v) is 4.75. The van der Waals surface area contributed by atoms with Gasteiger partial charge in [0.25, 0.3) is 5.91 Å². The first kappa shape index (κ1) is 16.7. The molecule has 1 unspecified atom stereocenters. The summed E-state index contributed by atoms with van der Waals surface area (Å²) < 4.78 is 6.21. The smallest absolute Gasteiger partial charge is 0.251 e. The fourth-order valence-corrected chi connectivity index (χ4v) is 3.12. The highest BCUT2D eigenvalue weighted by Gasteiger charge is 2.18. The number of hydrogen-bond donors (Lipinski definition) is 1. The predicted octanol–water partition coefficient (Wildman–Crippen LogP) is 4.20. The van der Waals surface area contributed by atoms with E-state index in [4.69, 9.17) is 4.52 Å². The molecule has 1 atom stereocenters. The Hall–Kier alpha value is -1.62. The lowest BCUT2D eigenvalue weighted by atomic mass is 9.99. The molecule has 0 fully saturated rings. The standard InChI is InChI=1S/C17H21BrN2O2/c1-9-7-15(18)10(2)6-14(9)17(21)19-8-11(3)16-12(4)20-22-13(16)5/h6-7,11H,8H2,1-5H3,(H,19,21). The average Bonchev–Trinajstić information content (AvgIpc) is 2.79. The Labute approximate surface area is 139 Å². The second-order valence-electron chi connectivity index (χ2n) is 5.77. The minimum atomic E-state index is -0.0493. The summed E-state index contributed by atoms with van der Waals surface area (Å²) in [6.45, 7) is 10.4. The van der Waals surface area contributed by atoms with Crippen molar-refractivity contribution in [2.45, 2.75) is 40.5 Å². The number of rotatable bonds is 4. The Morgan fingerprint density at radius 1 is 1.27 bits per heavy atom. The zero-order chi connectivity index (χ0) is 16.4. The number of hydrogen-bond acceptors (Lipinski definition) is 3. The minimum absolute atomic E-state index is 0.0493. The van der Waals surface area contributed by atoms with Crippen molar-refractivity contribution < 1.29 is 9.32 Å². The molecule has 1 aromatic carbocycles. The molecule has 2 rings (SSSR count). The number of nitrogens with zero attached hydrogens (tertiary/aromatic N) is 1. The van der Waals surface area contributed by atoms with Crippen molar-refractivity contribution in [3.8, 4) is 0 Å². The van der Waals surface area contributed by atoms with Crippen molar-refractivity contribution in [1.29, 1.82) is 0 Å². The van der Waals surface area contributed by atoms with E-state index in [9.17, 15) is 4.79 Å². The first-order chi connectivity index (χ1) is 10.3. The quantitative estimate of drug-likeness (QED) is 0.883. The molecular formula is C17H21BrN2O2. The average molecular weight is 365 g/mol. The third kappa shape index (κ3) is 3.40. The van der Waals surface area contributed by atoms with Crippen LogP contribution in [-0.2, 0) is 0 Å². The van der Waals surface area contributed by atoms with Gasteiger partial charge in [0.05, 0.1) is 5.69 Å². The SMILES string of the molecule is Cc1cc(C(=O)NCC(C)c2c(C)noc2C)c(C)cc1Br. The molecule has 118 valence electrons. The van der Waals surface area contributed by atoms with Gasteiger partial charge in [-0.25, -0.2) is 0 Å². The summed E-state index contributed by atoms with van der Waals surface area (Å²) in [5.41, 5.74) is 4.68. The van der Waals surface area contributed by atoms with Gasteiger partial charge in [0, 0.05) is 28.1 Å². The van der Waals surface area contributed by atoms with Gasteiger partial charge in [-0.1, -0.05) is 28.0 Å². The Morgan fingerprint density at radius 2 is 1.95 bits per heavy atom. The molecule has 0 radical (unpaired) electrons. The Morgan fingerprint density at radius 3 is 2.55 bits per heavy atom. The topological polar surface area (TPSA) is 55.1 Å². The van der Waals surface area contributed by atoms with E-state index in [-0.39, 0.29) is 11.8 Å². The summed E-state index contributed by atoms with van der Waals surface area (Å²) >= 11 is 3.48. The zero-order valence-corrected chi connectivity index (χ0v) is 15.2. The van der Waals surface area contributed by atoms with E-state index in [1.807, 2.05) is 39.8 Å². The van der Waals surface area contributed by atoms with Gasteiger partial charge in [-0.05, 0) is 51.0 Å². The maximum absolute atomic E-state index is 12.4. The summed E-state index contributed by atoms with van der Waals surface area (Å²) in [5.74, 6) is 0.925. The van der Waals surface area contributed by atoms with Crippen LogP contribution in [0.15, 0.2) is 21.1 Å². The third-order valence-electron chi connectivity index (χ3n) is 3.90. The van der Waals surface area contributed by atoms with Crippen molar-refractivity contribution in [3.05, 3.63) is 50.3 Å². The zero-order valence-electron chi connectivity index (χ0n) is 13.6. The van der Waals surface area contributed by atoms with E-state index >= 15 is 0 Å². The molecule has 1 heterocycles. The molecule has 0 aliphatic heterocycles. The lowest BCUT2D eigenvalue weighted by molar-refractivity contribution is 0.0951. The maximum Gasteiger partial charge on any atom is 0.251 e. The van der Waals surface area contributed by atoms with Crippen molar-refractivity contribution >= 4 is 21.8 Å². The summed E-state index contributed by atoms with van der Waals surface area (Å²) in [6, 6.07) is 3.89. The summed E-state index contributed by atoms with van der Waals surface area (Å²) in [5, 5.41) is 6.97. The molecule has 0 saturated heterocycles. The number of aryl methyl sites for hydroxylation is 4. The second kappa shape index (κ2) is 6.65. The normalized spacial score (nSPS) is 12.3. The van der Waals surface area contributed by atoms with E-state index < -0.39 is 0 Å². The maximum atomic E-state index is 12.4. The van der Waals surface area contributed by atoms with Crippen molar-refractivity contribution in [1.82, 2.24) is 10.5 Å². The van der Waals surface area contributed by atoms with Gasteiger partial charge in [0.2, 0.25) is 0 Å². The molecule has 2 aromatic rings. The number of benzene rings is 1. The fraction of sp³-hybridized carbons (Fsp3) is 0.412. The van der Waals surface area contributed by atoms with Gasteiger partial charge in [-0.2, -0.15) is 0 Å². The number of carbonyl (C=O) groups is 1. The molecule has 0 saturated carbocycles. The van der Waals surface area contributed by atoms with E-state index in [0.29, 0.717) is 12.1 Å². The first-order valence-electron chi connectivity index (χ1n) is 7.29. The van der Waals surface area contributed by atoms with E-state index in [1.165, 1.54) is 0 Å². The van der Waals surface area contributed by atoms with Gasteiger partial charge < -0.3 is 9.84 Å². The van der Waals surface area contributed by atoms with Crippen molar-refractivity contribution in [2.24, 2.45) is 0 Å². The molecule has 4 nitrogen and oxygen atoms in total. The summed E-state index contributed by atoms with van der Waals surface area (Å²) in [4.78, 5) is 12.4. The van der Waals surface area contributed by atoms with Crippen LogP contribution < -0.4 is 5.32 Å². The van der Waals surface area contributed by atoms with Crippen LogP contribution in [0.3, 0.4) is 0 Å². The van der Waals surface area contributed by atoms with Crippen LogP contribution in [0, 0.1) is 27.7 Å². The van der Waals surface area contributed by atoms with Gasteiger partial charge >= 0.3 is 0 Å². The molecular weight excluding hydrogens is 344 g/mol. The van der Waals surface area contributed by atoms with Crippen LogP contribution in [0.5, 0.6) is 0 Å². The summed E-state index contributed by atoms with van der Waals surface area (Å²) in [6.07, 6.45) is 0.